The number of aromatic amines is 1. The molecule has 25 heavy (non-hydrogen) atoms. The van der Waals surface area contributed by atoms with Gasteiger partial charge in [0.05, 0.1) is 22.0 Å². The van der Waals surface area contributed by atoms with Gasteiger partial charge in [-0.25, -0.2) is 4.98 Å². The van der Waals surface area contributed by atoms with E-state index in [1.165, 1.54) is 16.0 Å². The molecule has 2 aromatic heterocycles. The second-order valence-corrected chi connectivity index (χ2v) is 6.60. The Morgan fingerprint density at radius 3 is 2.64 bits per heavy atom. The molecule has 0 unspecified atom stereocenters. The molecule has 122 valence electrons. The molecular formula is C19H14N4OS. The lowest BCUT2D eigenvalue weighted by Crippen LogP contribution is -2.17. The van der Waals surface area contributed by atoms with Crippen molar-refractivity contribution < 1.29 is 0 Å². The lowest BCUT2D eigenvalue weighted by molar-refractivity contribution is 0.840. The minimum absolute atomic E-state index is 0.145. The summed E-state index contributed by atoms with van der Waals surface area (Å²) in [7, 11) is 0. The molecule has 6 heteroatoms. The van der Waals surface area contributed by atoms with Gasteiger partial charge in [-0.3, -0.25) is 9.89 Å². The summed E-state index contributed by atoms with van der Waals surface area (Å²) in [6.07, 6.45) is 0.709. The number of nitrogens with zero attached hydrogens (tertiary/aromatic N) is 3. The Labute approximate surface area is 147 Å². The van der Waals surface area contributed by atoms with E-state index >= 15 is 0 Å². The first kappa shape index (κ1) is 15.4. The van der Waals surface area contributed by atoms with E-state index in [1.807, 2.05) is 54.6 Å². The van der Waals surface area contributed by atoms with E-state index in [0.29, 0.717) is 23.5 Å². The third-order valence-corrected chi connectivity index (χ3v) is 5.03. The molecule has 0 aliphatic carbocycles. The predicted molar refractivity (Wildman–Crippen MR) is 98.9 cm³/mol. The van der Waals surface area contributed by atoms with Crippen molar-refractivity contribution in [1.29, 1.82) is 5.26 Å². The molecule has 4 aromatic rings. The molecule has 5 nitrogen and oxygen atoms in total. The van der Waals surface area contributed by atoms with Crippen molar-refractivity contribution in [3.05, 3.63) is 70.5 Å². The molecular weight excluding hydrogens is 332 g/mol. The van der Waals surface area contributed by atoms with E-state index in [9.17, 15) is 4.79 Å². The van der Waals surface area contributed by atoms with Gasteiger partial charge in [0.15, 0.2) is 0 Å². The Morgan fingerprint density at radius 2 is 1.88 bits per heavy atom. The van der Waals surface area contributed by atoms with Crippen molar-refractivity contribution in [2.75, 3.05) is 0 Å². The second kappa shape index (κ2) is 6.38. The summed E-state index contributed by atoms with van der Waals surface area (Å²) in [5.74, 6) is 0. The molecule has 0 bridgehead atoms. The van der Waals surface area contributed by atoms with Crippen LogP contribution in [0.5, 0.6) is 0 Å². The average molecular weight is 346 g/mol. The fourth-order valence-electron chi connectivity index (χ4n) is 2.82. The molecule has 0 atom stereocenters. The number of thiazole rings is 1. The van der Waals surface area contributed by atoms with Gasteiger partial charge in [-0.05, 0) is 24.1 Å². The number of fused-ring (bicyclic) bond motifs is 1. The third kappa shape index (κ3) is 2.75. The van der Waals surface area contributed by atoms with E-state index < -0.39 is 0 Å². The molecule has 0 spiro atoms. The topological polar surface area (TPSA) is 74.5 Å². The molecule has 0 saturated heterocycles. The standard InChI is InChI=1S/C19H14N4OS/c20-12-6-9-14-17(13-7-2-1-3-8-13)22-23(18(14)24)19-21-15-10-4-5-11-16(15)25-19/h1-5,7-8,10-11,22H,6,9H2. The van der Waals surface area contributed by atoms with Gasteiger partial charge >= 0.3 is 0 Å². The molecule has 2 heterocycles. The number of aromatic nitrogens is 3. The first-order valence-corrected chi connectivity index (χ1v) is 8.72. The highest BCUT2D eigenvalue weighted by atomic mass is 32.1. The van der Waals surface area contributed by atoms with Gasteiger partial charge in [0.2, 0.25) is 5.13 Å². The van der Waals surface area contributed by atoms with E-state index in [2.05, 4.69) is 16.2 Å². The highest BCUT2D eigenvalue weighted by Gasteiger charge is 2.18. The van der Waals surface area contributed by atoms with Gasteiger partial charge in [-0.15, -0.1) is 0 Å². The number of para-hydroxylation sites is 1. The smallest absolute Gasteiger partial charge is 0.277 e. The van der Waals surface area contributed by atoms with Crippen molar-refractivity contribution in [2.24, 2.45) is 0 Å². The van der Waals surface area contributed by atoms with E-state index in [-0.39, 0.29) is 5.56 Å². The minimum Gasteiger partial charge on any atom is -0.288 e. The number of H-pyrrole nitrogens is 1. The van der Waals surface area contributed by atoms with Gasteiger partial charge in [0.1, 0.15) is 0 Å². The predicted octanol–water partition coefficient (Wildman–Crippen LogP) is 3.90. The number of nitriles is 1. The summed E-state index contributed by atoms with van der Waals surface area (Å²) in [5, 5.41) is 12.7. The molecule has 0 aliphatic rings. The maximum atomic E-state index is 12.9. The Balaban J connectivity index is 1.90. The molecule has 0 saturated carbocycles. The van der Waals surface area contributed by atoms with Crippen LogP contribution in [0.25, 0.3) is 26.6 Å². The number of nitrogens with one attached hydrogen (secondary N) is 1. The van der Waals surface area contributed by atoms with Gasteiger partial charge in [-0.1, -0.05) is 53.8 Å². The van der Waals surface area contributed by atoms with Crippen molar-refractivity contribution >= 4 is 21.6 Å². The van der Waals surface area contributed by atoms with Crippen molar-refractivity contribution in [3.63, 3.8) is 0 Å². The SMILES string of the molecule is N#CCCc1c(-c2ccccc2)[nH]n(-c2nc3ccccc3s2)c1=O. The van der Waals surface area contributed by atoms with Gasteiger partial charge in [-0.2, -0.15) is 9.94 Å². The number of hydrogen-bond donors (Lipinski definition) is 1. The van der Waals surface area contributed by atoms with Crippen molar-refractivity contribution in [1.82, 2.24) is 14.8 Å². The van der Waals surface area contributed by atoms with Crippen LogP contribution in [-0.2, 0) is 6.42 Å². The van der Waals surface area contributed by atoms with Crippen LogP contribution in [0.2, 0.25) is 0 Å². The molecule has 0 aliphatic heterocycles. The van der Waals surface area contributed by atoms with Crippen LogP contribution in [0, 0.1) is 11.3 Å². The lowest BCUT2D eigenvalue weighted by Gasteiger charge is -2.00. The first-order chi connectivity index (χ1) is 12.3. The van der Waals surface area contributed by atoms with Gasteiger partial charge in [0.25, 0.3) is 5.56 Å². The molecule has 0 amide bonds. The van der Waals surface area contributed by atoms with Gasteiger partial charge in [0, 0.05) is 12.0 Å². The number of hydrogen-bond acceptors (Lipinski definition) is 4. The third-order valence-electron chi connectivity index (χ3n) is 4.01. The fourth-order valence-corrected chi connectivity index (χ4v) is 3.74. The zero-order valence-electron chi connectivity index (χ0n) is 13.3. The van der Waals surface area contributed by atoms with Gasteiger partial charge < -0.3 is 0 Å². The zero-order chi connectivity index (χ0) is 17.2. The summed E-state index contributed by atoms with van der Waals surface area (Å²) in [6.45, 7) is 0. The van der Waals surface area contributed by atoms with E-state index in [4.69, 9.17) is 5.26 Å². The fraction of sp³-hybridized carbons (Fsp3) is 0.105. The molecule has 2 aromatic carbocycles. The van der Waals surface area contributed by atoms with Crippen LogP contribution >= 0.6 is 11.3 Å². The van der Waals surface area contributed by atoms with Crippen LogP contribution in [0.4, 0.5) is 0 Å². The Bertz CT molecular complexity index is 1100. The summed E-state index contributed by atoms with van der Waals surface area (Å²) in [6, 6.07) is 19.6. The summed E-state index contributed by atoms with van der Waals surface area (Å²) in [5.41, 5.74) is 3.01. The molecule has 0 fully saturated rings. The maximum absolute atomic E-state index is 12.9. The van der Waals surface area contributed by atoms with E-state index in [1.54, 1.807) is 0 Å². The summed E-state index contributed by atoms with van der Waals surface area (Å²) < 4.78 is 2.51. The van der Waals surface area contributed by atoms with Crippen LogP contribution in [0.15, 0.2) is 59.4 Å². The Hall–Kier alpha value is -3.17. The normalized spacial score (nSPS) is 10.8. The van der Waals surface area contributed by atoms with Crippen LogP contribution in [0.1, 0.15) is 12.0 Å². The number of rotatable bonds is 4. The molecule has 4 rings (SSSR count). The minimum atomic E-state index is -0.145. The first-order valence-electron chi connectivity index (χ1n) is 7.90. The Morgan fingerprint density at radius 1 is 1.12 bits per heavy atom. The van der Waals surface area contributed by atoms with Crippen molar-refractivity contribution in [2.45, 2.75) is 12.8 Å². The highest BCUT2D eigenvalue weighted by molar-refractivity contribution is 7.20. The average Bonchev–Trinajstić information content (AvgIpc) is 3.21. The van der Waals surface area contributed by atoms with Crippen LogP contribution in [0.3, 0.4) is 0 Å². The van der Waals surface area contributed by atoms with Crippen LogP contribution in [-0.4, -0.2) is 14.8 Å². The Kier molecular flexibility index (Phi) is 3.92. The number of benzene rings is 2. The quantitative estimate of drug-likeness (QED) is 0.609. The van der Waals surface area contributed by atoms with Crippen molar-refractivity contribution in [3.8, 4) is 22.5 Å². The maximum Gasteiger partial charge on any atom is 0.277 e. The van der Waals surface area contributed by atoms with E-state index in [0.717, 1.165) is 21.5 Å². The molecule has 0 radical (unpaired) electrons. The highest BCUT2D eigenvalue weighted by Crippen LogP contribution is 2.26. The lowest BCUT2D eigenvalue weighted by atomic mass is 10.0. The summed E-state index contributed by atoms with van der Waals surface area (Å²) >= 11 is 1.46. The monoisotopic (exact) mass is 346 g/mol. The largest absolute Gasteiger partial charge is 0.288 e. The summed E-state index contributed by atoms with van der Waals surface area (Å²) in [4.78, 5) is 17.5. The second-order valence-electron chi connectivity index (χ2n) is 5.59. The van der Waals surface area contributed by atoms with Crippen LogP contribution < -0.4 is 5.56 Å². The molecule has 1 N–H and O–H groups in total. The zero-order valence-corrected chi connectivity index (χ0v) is 14.1.